The standard InChI is InChI=1S/C21H30O3/c1-12(22)21-18(24-21)11-17-15-5-4-13-10-14(23)6-8-19(13,2)16(15)7-9-20(17,21)3/h10,14-18,23H,4-9,11H2,1-3H3/t14-,15+,16-,17-,18+,19-,20-,21+/m0/s1. The summed E-state index contributed by atoms with van der Waals surface area (Å²) in [6.07, 6.45) is 9.98. The number of hydrogen-bond donors (Lipinski definition) is 1. The predicted octanol–water partition coefficient (Wildman–Crippen LogP) is 3.65. The molecule has 1 heterocycles. The van der Waals surface area contributed by atoms with Gasteiger partial charge >= 0.3 is 0 Å². The van der Waals surface area contributed by atoms with E-state index in [0.29, 0.717) is 5.92 Å². The third-order valence-electron chi connectivity index (χ3n) is 9.04. The number of Topliss-reactive ketones (excluding diaryl/α,β-unsaturated/α-hetero) is 1. The summed E-state index contributed by atoms with van der Waals surface area (Å²) in [4.78, 5) is 12.4. The maximum absolute atomic E-state index is 12.4. The highest BCUT2D eigenvalue weighted by Crippen LogP contribution is 2.73. The topological polar surface area (TPSA) is 49.8 Å². The van der Waals surface area contributed by atoms with Crippen LogP contribution in [0.5, 0.6) is 0 Å². The van der Waals surface area contributed by atoms with E-state index in [2.05, 4.69) is 19.9 Å². The molecular weight excluding hydrogens is 300 g/mol. The molecule has 3 saturated carbocycles. The maximum atomic E-state index is 12.4. The fourth-order valence-electron chi connectivity index (χ4n) is 7.78. The van der Waals surface area contributed by atoms with Gasteiger partial charge in [0.15, 0.2) is 11.4 Å². The maximum Gasteiger partial charge on any atom is 0.164 e. The minimum atomic E-state index is -0.442. The van der Waals surface area contributed by atoms with Crippen molar-refractivity contribution in [2.75, 3.05) is 0 Å². The van der Waals surface area contributed by atoms with Crippen LogP contribution in [0.25, 0.3) is 0 Å². The SMILES string of the molecule is CC(=O)[C@@]12O[C@@H]1C[C@H]1[C@@H]3CCC4=C[C@@H](O)CC[C@]4(C)[C@H]3CC[C@@]12C. The number of hydrogen-bond acceptors (Lipinski definition) is 3. The first-order valence-corrected chi connectivity index (χ1v) is 9.91. The van der Waals surface area contributed by atoms with Gasteiger partial charge in [-0.05, 0) is 75.0 Å². The van der Waals surface area contributed by atoms with Gasteiger partial charge in [0.25, 0.3) is 0 Å². The van der Waals surface area contributed by atoms with E-state index in [1.54, 1.807) is 6.92 Å². The molecule has 8 atom stereocenters. The van der Waals surface area contributed by atoms with E-state index in [1.165, 1.54) is 18.4 Å². The Balaban J connectivity index is 1.51. The Morgan fingerprint density at radius 2 is 2.00 bits per heavy atom. The second-order valence-corrected chi connectivity index (χ2v) is 9.72. The highest BCUT2D eigenvalue weighted by Gasteiger charge is 2.79. The van der Waals surface area contributed by atoms with Crippen molar-refractivity contribution < 1.29 is 14.6 Å². The third-order valence-corrected chi connectivity index (χ3v) is 9.04. The van der Waals surface area contributed by atoms with Crippen LogP contribution in [0.3, 0.4) is 0 Å². The summed E-state index contributed by atoms with van der Waals surface area (Å²) in [5.41, 5.74) is 1.41. The smallest absolute Gasteiger partial charge is 0.164 e. The lowest BCUT2D eigenvalue weighted by atomic mass is 9.46. The van der Waals surface area contributed by atoms with Gasteiger partial charge in [-0.2, -0.15) is 0 Å². The second-order valence-electron chi connectivity index (χ2n) is 9.72. The molecule has 0 spiro atoms. The van der Waals surface area contributed by atoms with E-state index < -0.39 is 5.60 Å². The van der Waals surface area contributed by atoms with Gasteiger partial charge in [-0.1, -0.05) is 25.5 Å². The average Bonchev–Trinajstić information content (AvgIpc) is 3.21. The monoisotopic (exact) mass is 330 g/mol. The number of fused-ring (bicyclic) bond motifs is 7. The van der Waals surface area contributed by atoms with E-state index in [9.17, 15) is 9.90 Å². The van der Waals surface area contributed by atoms with Crippen molar-refractivity contribution in [3.63, 3.8) is 0 Å². The van der Waals surface area contributed by atoms with Gasteiger partial charge < -0.3 is 9.84 Å². The van der Waals surface area contributed by atoms with Gasteiger partial charge in [-0.25, -0.2) is 0 Å². The molecule has 1 N–H and O–H groups in total. The Morgan fingerprint density at radius 1 is 1.21 bits per heavy atom. The Hall–Kier alpha value is -0.670. The largest absolute Gasteiger partial charge is 0.389 e. The third kappa shape index (κ3) is 1.60. The minimum Gasteiger partial charge on any atom is -0.389 e. The summed E-state index contributed by atoms with van der Waals surface area (Å²) < 4.78 is 6.01. The molecule has 4 aliphatic carbocycles. The molecule has 0 amide bonds. The molecule has 132 valence electrons. The summed E-state index contributed by atoms with van der Waals surface area (Å²) in [6.45, 7) is 6.54. The quantitative estimate of drug-likeness (QED) is 0.590. The van der Waals surface area contributed by atoms with Crippen LogP contribution in [-0.4, -0.2) is 28.7 Å². The average molecular weight is 330 g/mol. The van der Waals surface area contributed by atoms with Crippen LogP contribution >= 0.6 is 0 Å². The van der Waals surface area contributed by atoms with Crippen LogP contribution in [-0.2, 0) is 9.53 Å². The highest BCUT2D eigenvalue weighted by molar-refractivity contribution is 5.90. The molecule has 5 rings (SSSR count). The zero-order valence-corrected chi connectivity index (χ0v) is 15.2. The lowest BCUT2D eigenvalue weighted by Gasteiger charge is -2.58. The molecule has 0 aromatic rings. The second kappa shape index (κ2) is 4.54. The molecule has 0 unspecified atom stereocenters. The van der Waals surface area contributed by atoms with Crippen molar-refractivity contribution >= 4 is 5.78 Å². The minimum absolute atomic E-state index is 0.0520. The van der Waals surface area contributed by atoms with Gasteiger partial charge in [-0.15, -0.1) is 0 Å². The zero-order valence-electron chi connectivity index (χ0n) is 15.2. The molecule has 0 aromatic heterocycles. The molecule has 0 aromatic carbocycles. The fraction of sp³-hybridized carbons (Fsp3) is 0.857. The van der Waals surface area contributed by atoms with Crippen molar-refractivity contribution in [3.05, 3.63) is 11.6 Å². The zero-order chi connectivity index (χ0) is 16.9. The van der Waals surface area contributed by atoms with Gasteiger partial charge in [-0.3, -0.25) is 4.79 Å². The lowest BCUT2D eigenvalue weighted by molar-refractivity contribution is -0.136. The van der Waals surface area contributed by atoms with Gasteiger partial charge in [0.2, 0.25) is 0 Å². The van der Waals surface area contributed by atoms with Crippen LogP contribution in [0.1, 0.15) is 65.7 Å². The van der Waals surface area contributed by atoms with E-state index in [1.807, 2.05) is 0 Å². The summed E-state index contributed by atoms with van der Waals surface area (Å²) in [6, 6.07) is 0. The Kier molecular flexibility index (Phi) is 2.94. The number of carbonyl (C=O) groups excluding carboxylic acids is 1. The van der Waals surface area contributed by atoms with Crippen LogP contribution in [0, 0.1) is 28.6 Å². The number of epoxide rings is 1. The first-order chi connectivity index (χ1) is 11.3. The summed E-state index contributed by atoms with van der Waals surface area (Å²) >= 11 is 0. The molecule has 5 aliphatic rings. The highest BCUT2D eigenvalue weighted by atomic mass is 16.6. The molecular formula is C21H30O3. The van der Waals surface area contributed by atoms with Crippen LogP contribution < -0.4 is 0 Å². The molecule has 1 aliphatic heterocycles. The van der Waals surface area contributed by atoms with Crippen LogP contribution in [0.4, 0.5) is 0 Å². The van der Waals surface area contributed by atoms with Crippen molar-refractivity contribution in [2.45, 2.75) is 83.5 Å². The molecule has 0 bridgehead atoms. The molecule has 3 nitrogen and oxygen atoms in total. The van der Waals surface area contributed by atoms with Crippen molar-refractivity contribution in [3.8, 4) is 0 Å². The van der Waals surface area contributed by atoms with E-state index in [0.717, 1.165) is 43.9 Å². The Morgan fingerprint density at radius 3 is 2.75 bits per heavy atom. The predicted molar refractivity (Wildman–Crippen MR) is 91.4 cm³/mol. The molecule has 1 saturated heterocycles. The fourth-order valence-corrected chi connectivity index (χ4v) is 7.78. The molecule has 0 radical (unpaired) electrons. The number of allylic oxidation sites excluding steroid dienone is 1. The number of rotatable bonds is 1. The van der Waals surface area contributed by atoms with Crippen molar-refractivity contribution in [2.24, 2.45) is 28.6 Å². The first kappa shape index (κ1) is 15.6. The van der Waals surface area contributed by atoms with Crippen LogP contribution in [0.2, 0.25) is 0 Å². The van der Waals surface area contributed by atoms with E-state index >= 15 is 0 Å². The van der Waals surface area contributed by atoms with Crippen molar-refractivity contribution in [1.82, 2.24) is 0 Å². The normalized spacial score (nSPS) is 58.0. The summed E-state index contributed by atoms with van der Waals surface area (Å²) in [5, 5.41) is 10.1. The summed E-state index contributed by atoms with van der Waals surface area (Å²) in [5.74, 6) is 2.36. The van der Waals surface area contributed by atoms with Crippen molar-refractivity contribution in [1.29, 1.82) is 0 Å². The molecule has 4 fully saturated rings. The number of aliphatic hydroxyl groups is 1. The van der Waals surface area contributed by atoms with E-state index in [4.69, 9.17) is 4.74 Å². The number of carbonyl (C=O) groups is 1. The lowest BCUT2D eigenvalue weighted by Crippen LogP contribution is -2.54. The van der Waals surface area contributed by atoms with Gasteiger partial charge in [0.1, 0.15) is 0 Å². The molecule has 3 heteroatoms. The first-order valence-electron chi connectivity index (χ1n) is 9.91. The number of ether oxygens (including phenoxy) is 1. The summed E-state index contributed by atoms with van der Waals surface area (Å²) in [7, 11) is 0. The van der Waals surface area contributed by atoms with E-state index in [-0.39, 0.29) is 28.8 Å². The Labute approximate surface area is 144 Å². The number of ketones is 1. The van der Waals surface area contributed by atoms with Gasteiger partial charge in [0.05, 0.1) is 12.2 Å². The Bertz CT molecular complexity index is 639. The number of aliphatic hydroxyl groups excluding tert-OH is 1. The van der Waals surface area contributed by atoms with Crippen LogP contribution in [0.15, 0.2) is 11.6 Å². The van der Waals surface area contributed by atoms with Gasteiger partial charge in [0, 0.05) is 5.41 Å². The molecule has 24 heavy (non-hydrogen) atoms.